The van der Waals surface area contributed by atoms with Gasteiger partial charge in [-0.25, -0.2) is 9.97 Å². The maximum atomic E-state index is 5.45. The SMILES string of the molecule is COc1ccc(C=Cc2nc(NCCCN3CCOCC3)c3cc4ccccc4cc3n2)cc1. The van der Waals surface area contributed by atoms with E-state index >= 15 is 0 Å². The Labute approximate surface area is 200 Å². The van der Waals surface area contributed by atoms with Crippen molar-refractivity contribution >= 4 is 39.6 Å². The minimum absolute atomic E-state index is 0.689. The first-order chi connectivity index (χ1) is 16.8. The number of benzene rings is 3. The van der Waals surface area contributed by atoms with Crippen LogP contribution in [0.3, 0.4) is 0 Å². The highest BCUT2D eigenvalue weighted by Crippen LogP contribution is 2.27. The number of nitrogens with one attached hydrogen (secondary N) is 1. The van der Waals surface area contributed by atoms with Crippen molar-refractivity contribution in [1.29, 1.82) is 0 Å². The lowest BCUT2D eigenvalue weighted by atomic mass is 10.1. The van der Waals surface area contributed by atoms with E-state index in [9.17, 15) is 0 Å². The van der Waals surface area contributed by atoms with Gasteiger partial charge in [-0.15, -0.1) is 0 Å². The van der Waals surface area contributed by atoms with Gasteiger partial charge in [0.05, 0.1) is 25.8 Å². The van der Waals surface area contributed by atoms with E-state index < -0.39 is 0 Å². The van der Waals surface area contributed by atoms with Crippen LogP contribution < -0.4 is 10.1 Å². The Bertz CT molecular complexity index is 1280. The zero-order valence-electron chi connectivity index (χ0n) is 19.5. The number of hydrogen-bond acceptors (Lipinski definition) is 6. The molecule has 3 aromatic carbocycles. The van der Waals surface area contributed by atoms with E-state index in [4.69, 9.17) is 19.4 Å². The number of ether oxygens (including phenoxy) is 2. The molecular formula is C28H30N4O2. The Morgan fingerprint density at radius 2 is 1.74 bits per heavy atom. The molecule has 34 heavy (non-hydrogen) atoms. The van der Waals surface area contributed by atoms with E-state index in [0.29, 0.717) is 5.82 Å². The number of morpholine rings is 1. The van der Waals surface area contributed by atoms with Crippen LogP contribution in [0.1, 0.15) is 17.8 Å². The van der Waals surface area contributed by atoms with E-state index in [1.165, 1.54) is 10.8 Å². The summed E-state index contributed by atoms with van der Waals surface area (Å²) in [5.74, 6) is 2.41. The van der Waals surface area contributed by atoms with Gasteiger partial charge in [0, 0.05) is 25.0 Å². The molecule has 1 saturated heterocycles. The van der Waals surface area contributed by atoms with Crippen molar-refractivity contribution in [1.82, 2.24) is 14.9 Å². The Morgan fingerprint density at radius 1 is 0.971 bits per heavy atom. The Hall–Kier alpha value is -3.48. The third-order valence-electron chi connectivity index (χ3n) is 6.17. The standard InChI is InChI=1S/C28H30N4O2/c1-33-24-10-7-21(8-11-24)9-12-27-30-26-20-23-6-3-2-5-22(23)19-25(26)28(31-27)29-13-4-14-32-15-17-34-18-16-32/h2-3,5-12,19-20H,4,13-18H2,1H3,(H,29,30,31). The smallest absolute Gasteiger partial charge is 0.154 e. The van der Waals surface area contributed by atoms with Crippen molar-refractivity contribution in [2.24, 2.45) is 0 Å². The summed E-state index contributed by atoms with van der Waals surface area (Å²) in [5, 5.41) is 7.00. The quantitative estimate of drug-likeness (QED) is 0.295. The summed E-state index contributed by atoms with van der Waals surface area (Å²) in [6.07, 6.45) is 5.05. The van der Waals surface area contributed by atoms with Crippen molar-refractivity contribution in [3.63, 3.8) is 0 Å². The van der Waals surface area contributed by atoms with Crippen molar-refractivity contribution in [3.05, 3.63) is 72.1 Å². The first-order valence-corrected chi connectivity index (χ1v) is 11.9. The molecule has 1 N–H and O–H groups in total. The molecule has 0 atom stereocenters. The van der Waals surface area contributed by atoms with Crippen LogP contribution in [0.25, 0.3) is 33.8 Å². The molecule has 174 valence electrons. The van der Waals surface area contributed by atoms with E-state index in [0.717, 1.165) is 73.8 Å². The second kappa shape index (κ2) is 10.6. The summed E-state index contributed by atoms with van der Waals surface area (Å²) in [7, 11) is 1.67. The van der Waals surface area contributed by atoms with Crippen molar-refractivity contribution in [2.45, 2.75) is 6.42 Å². The van der Waals surface area contributed by atoms with Crippen molar-refractivity contribution in [2.75, 3.05) is 51.8 Å². The van der Waals surface area contributed by atoms with Gasteiger partial charge in [0.15, 0.2) is 5.82 Å². The van der Waals surface area contributed by atoms with Crippen LogP contribution >= 0.6 is 0 Å². The van der Waals surface area contributed by atoms with E-state index in [1.54, 1.807) is 7.11 Å². The zero-order valence-corrected chi connectivity index (χ0v) is 19.5. The highest BCUT2D eigenvalue weighted by atomic mass is 16.5. The molecule has 2 heterocycles. The van der Waals surface area contributed by atoms with Gasteiger partial charge in [-0.1, -0.05) is 42.5 Å². The fraction of sp³-hybridized carbons (Fsp3) is 0.286. The van der Waals surface area contributed by atoms with Gasteiger partial charge in [0.2, 0.25) is 0 Å². The van der Waals surface area contributed by atoms with E-state index in [-0.39, 0.29) is 0 Å². The van der Waals surface area contributed by atoms with Gasteiger partial charge in [0.1, 0.15) is 11.6 Å². The van der Waals surface area contributed by atoms with E-state index in [2.05, 4.69) is 46.6 Å². The molecule has 0 aliphatic carbocycles. The number of anilines is 1. The molecular weight excluding hydrogens is 424 g/mol. The van der Waals surface area contributed by atoms with Gasteiger partial charge in [-0.3, -0.25) is 4.90 Å². The average molecular weight is 455 g/mol. The van der Waals surface area contributed by atoms with Crippen LogP contribution in [-0.2, 0) is 4.74 Å². The lowest BCUT2D eigenvalue weighted by Gasteiger charge is -2.26. The molecule has 0 amide bonds. The minimum Gasteiger partial charge on any atom is -0.497 e. The molecule has 5 rings (SSSR count). The third kappa shape index (κ3) is 5.35. The Kier molecular flexibility index (Phi) is 6.98. The van der Waals surface area contributed by atoms with Crippen LogP contribution in [0.15, 0.2) is 60.7 Å². The van der Waals surface area contributed by atoms with Crippen LogP contribution in [0.2, 0.25) is 0 Å². The summed E-state index contributed by atoms with van der Waals surface area (Å²) in [6.45, 7) is 5.62. The predicted octanol–water partition coefficient (Wildman–Crippen LogP) is 5.10. The van der Waals surface area contributed by atoms with Crippen LogP contribution in [0, 0.1) is 0 Å². The maximum absolute atomic E-state index is 5.45. The summed E-state index contributed by atoms with van der Waals surface area (Å²) >= 11 is 0. The molecule has 0 spiro atoms. The monoisotopic (exact) mass is 454 g/mol. The van der Waals surface area contributed by atoms with Crippen LogP contribution in [-0.4, -0.2) is 61.4 Å². The molecule has 1 aromatic heterocycles. The molecule has 6 nitrogen and oxygen atoms in total. The van der Waals surface area contributed by atoms with Gasteiger partial charge in [-0.2, -0.15) is 0 Å². The number of aromatic nitrogens is 2. The topological polar surface area (TPSA) is 59.5 Å². The fourth-order valence-corrected chi connectivity index (χ4v) is 4.26. The van der Waals surface area contributed by atoms with Gasteiger partial charge in [0.25, 0.3) is 0 Å². The number of fused-ring (bicyclic) bond motifs is 2. The maximum Gasteiger partial charge on any atom is 0.154 e. The second-order valence-corrected chi connectivity index (χ2v) is 8.49. The summed E-state index contributed by atoms with van der Waals surface area (Å²) < 4.78 is 10.7. The summed E-state index contributed by atoms with van der Waals surface area (Å²) in [5.41, 5.74) is 2.02. The lowest BCUT2D eigenvalue weighted by Crippen LogP contribution is -2.37. The Balaban J connectivity index is 1.40. The second-order valence-electron chi connectivity index (χ2n) is 8.49. The normalized spacial score (nSPS) is 14.7. The van der Waals surface area contributed by atoms with Crippen molar-refractivity contribution < 1.29 is 9.47 Å². The fourth-order valence-electron chi connectivity index (χ4n) is 4.26. The highest BCUT2D eigenvalue weighted by Gasteiger charge is 2.11. The zero-order chi connectivity index (χ0) is 23.2. The molecule has 4 aromatic rings. The number of rotatable bonds is 8. The molecule has 1 aliphatic rings. The highest BCUT2D eigenvalue weighted by molar-refractivity contribution is 6.01. The third-order valence-corrected chi connectivity index (χ3v) is 6.17. The van der Waals surface area contributed by atoms with Crippen molar-refractivity contribution in [3.8, 4) is 5.75 Å². The summed E-state index contributed by atoms with van der Waals surface area (Å²) in [4.78, 5) is 12.2. The minimum atomic E-state index is 0.689. The number of nitrogens with zero attached hydrogens (tertiary/aromatic N) is 3. The molecule has 0 saturated carbocycles. The summed E-state index contributed by atoms with van der Waals surface area (Å²) in [6, 6.07) is 20.7. The average Bonchev–Trinajstić information content (AvgIpc) is 2.89. The largest absolute Gasteiger partial charge is 0.497 e. The molecule has 1 fully saturated rings. The molecule has 0 bridgehead atoms. The molecule has 1 aliphatic heterocycles. The van der Waals surface area contributed by atoms with Crippen LogP contribution in [0.5, 0.6) is 5.75 Å². The first-order valence-electron chi connectivity index (χ1n) is 11.9. The first kappa shape index (κ1) is 22.3. The van der Waals surface area contributed by atoms with E-state index in [1.807, 2.05) is 36.4 Å². The lowest BCUT2D eigenvalue weighted by molar-refractivity contribution is 0.0378. The molecule has 0 unspecified atom stereocenters. The van der Waals surface area contributed by atoms with Gasteiger partial charge < -0.3 is 14.8 Å². The van der Waals surface area contributed by atoms with Gasteiger partial charge >= 0.3 is 0 Å². The Morgan fingerprint density at radius 3 is 2.50 bits per heavy atom. The van der Waals surface area contributed by atoms with Gasteiger partial charge in [-0.05, 0) is 59.6 Å². The predicted molar refractivity (Wildman–Crippen MR) is 139 cm³/mol. The number of hydrogen-bond donors (Lipinski definition) is 1. The molecule has 0 radical (unpaired) electrons. The molecule has 6 heteroatoms. The number of methoxy groups -OCH3 is 1. The van der Waals surface area contributed by atoms with Crippen LogP contribution in [0.4, 0.5) is 5.82 Å².